The van der Waals surface area contributed by atoms with Crippen molar-refractivity contribution in [3.8, 4) is 11.5 Å². The van der Waals surface area contributed by atoms with Gasteiger partial charge in [-0.3, -0.25) is 14.2 Å². The zero-order valence-corrected chi connectivity index (χ0v) is 16.4. The van der Waals surface area contributed by atoms with Gasteiger partial charge in [0.05, 0.1) is 16.7 Å². The Bertz CT molecular complexity index is 1160. The third-order valence-electron chi connectivity index (χ3n) is 4.85. The summed E-state index contributed by atoms with van der Waals surface area (Å²) in [5.41, 5.74) is 1.27. The highest BCUT2D eigenvalue weighted by Gasteiger charge is 2.28. The molecule has 1 aliphatic carbocycles. The molecular formula is C21H19N3O4S. The van der Waals surface area contributed by atoms with E-state index in [1.807, 2.05) is 18.2 Å². The number of benzene rings is 2. The fraction of sp³-hybridized carbons (Fsp3) is 0.286. The van der Waals surface area contributed by atoms with E-state index in [1.165, 1.54) is 11.8 Å². The maximum Gasteiger partial charge on any atom is 0.262 e. The Morgan fingerprint density at radius 1 is 1.14 bits per heavy atom. The zero-order chi connectivity index (χ0) is 19.8. The number of ether oxygens (including phenoxy) is 2. The topological polar surface area (TPSA) is 82.5 Å². The van der Waals surface area contributed by atoms with Crippen LogP contribution in [0.2, 0.25) is 0 Å². The molecule has 1 aliphatic heterocycles. The number of nitrogens with one attached hydrogen (secondary N) is 1. The molecule has 1 saturated carbocycles. The lowest BCUT2D eigenvalue weighted by Crippen LogP contribution is -2.23. The molecule has 0 unspecified atom stereocenters. The summed E-state index contributed by atoms with van der Waals surface area (Å²) in [6.45, 7) is 1.02. The molecule has 1 N–H and O–H groups in total. The molecule has 0 radical (unpaired) electrons. The fourth-order valence-electron chi connectivity index (χ4n) is 3.33. The van der Waals surface area contributed by atoms with E-state index in [9.17, 15) is 9.59 Å². The number of anilines is 1. The average molecular weight is 409 g/mol. The second-order valence-corrected chi connectivity index (χ2v) is 7.96. The van der Waals surface area contributed by atoms with Crippen molar-refractivity contribution in [1.82, 2.24) is 9.55 Å². The first-order chi connectivity index (χ1) is 14.2. The van der Waals surface area contributed by atoms with E-state index in [1.54, 1.807) is 28.8 Å². The van der Waals surface area contributed by atoms with Crippen LogP contribution in [-0.4, -0.2) is 34.4 Å². The second-order valence-electron chi connectivity index (χ2n) is 7.01. The van der Waals surface area contributed by atoms with Crippen molar-refractivity contribution in [2.45, 2.75) is 24.0 Å². The maximum atomic E-state index is 12.9. The van der Waals surface area contributed by atoms with E-state index in [0.29, 0.717) is 46.5 Å². The highest BCUT2D eigenvalue weighted by molar-refractivity contribution is 7.99. The van der Waals surface area contributed by atoms with Crippen molar-refractivity contribution in [2.75, 3.05) is 24.3 Å². The van der Waals surface area contributed by atoms with Crippen molar-refractivity contribution in [1.29, 1.82) is 0 Å². The smallest absolute Gasteiger partial charge is 0.262 e. The van der Waals surface area contributed by atoms with Gasteiger partial charge in [-0.25, -0.2) is 4.98 Å². The maximum absolute atomic E-state index is 12.9. The second kappa shape index (κ2) is 7.44. The Morgan fingerprint density at radius 3 is 2.76 bits per heavy atom. The van der Waals surface area contributed by atoms with E-state index < -0.39 is 0 Å². The molecule has 0 spiro atoms. The molecule has 0 saturated heterocycles. The van der Waals surface area contributed by atoms with Crippen molar-refractivity contribution in [3.05, 3.63) is 52.8 Å². The molecule has 0 bridgehead atoms. The van der Waals surface area contributed by atoms with Gasteiger partial charge in [-0.05, 0) is 37.1 Å². The van der Waals surface area contributed by atoms with Crippen molar-refractivity contribution in [3.63, 3.8) is 0 Å². The number of rotatable bonds is 5. The molecule has 1 amide bonds. The Hall–Kier alpha value is -3.00. The monoisotopic (exact) mass is 409 g/mol. The van der Waals surface area contributed by atoms with Gasteiger partial charge in [0.25, 0.3) is 5.56 Å². The lowest BCUT2D eigenvalue weighted by atomic mass is 10.2. The molecule has 3 aromatic rings. The molecule has 2 aliphatic rings. The number of nitrogens with zero attached hydrogens (tertiary/aromatic N) is 2. The Labute approximate surface area is 171 Å². The summed E-state index contributed by atoms with van der Waals surface area (Å²) in [6, 6.07) is 12.8. The van der Waals surface area contributed by atoms with Gasteiger partial charge >= 0.3 is 0 Å². The minimum absolute atomic E-state index is 0.0344. The lowest BCUT2D eigenvalue weighted by Gasteiger charge is -2.19. The summed E-state index contributed by atoms with van der Waals surface area (Å²) in [4.78, 5) is 30.0. The summed E-state index contributed by atoms with van der Waals surface area (Å²) in [7, 11) is 0. The van der Waals surface area contributed by atoms with Crippen LogP contribution >= 0.6 is 11.8 Å². The highest BCUT2D eigenvalue weighted by atomic mass is 32.2. The number of carbonyl (C=O) groups excluding carboxylic acids is 1. The Kier molecular flexibility index (Phi) is 4.63. The standard InChI is InChI=1S/C21H19N3O4S/c25-19(22-13-5-8-17-18(11-13)28-10-9-27-17)12-29-21-23-16-4-2-1-3-15(16)20(26)24(21)14-6-7-14/h1-5,8,11,14H,6-7,9-10,12H2,(H,22,25). The van der Waals surface area contributed by atoms with Crippen LogP contribution in [0.15, 0.2) is 52.4 Å². The van der Waals surface area contributed by atoms with Gasteiger partial charge < -0.3 is 14.8 Å². The van der Waals surface area contributed by atoms with Crippen LogP contribution < -0.4 is 20.3 Å². The van der Waals surface area contributed by atoms with E-state index in [-0.39, 0.29) is 23.3 Å². The summed E-state index contributed by atoms with van der Waals surface area (Å²) in [5.74, 6) is 1.29. The number of para-hydroxylation sites is 1. The Morgan fingerprint density at radius 2 is 1.93 bits per heavy atom. The van der Waals surface area contributed by atoms with Gasteiger partial charge in [0.2, 0.25) is 5.91 Å². The molecule has 2 aromatic carbocycles. The highest BCUT2D eigenvalue weighted by Crippen LogP contribution is 2.37. The number of fused-ring (bicyclic) bond motifs is 2. The number of hydrogen-bond donors (Lipinski definition) is 1. The molecular weight excluding hydrogens is 390 g/mol. The third kappa shape index (κ3) is 3.67. The SMILES string of the molecule is O=C(CSc1nc2ccccc2c(=O)n1C1CC1)Nc1ccc2c(c1)OCCO2. The minimum Gasteiger partial charge on any atom is -0.486 e. The molecule has 2 heterocycles. The number of thioether (sulfide) groups is 1. The summed E-state index contributed by atoms with van der Waals surface area (Å²) in [5, 5.41) is 4.07. The summed E-state index contributed by atoms with van der Waals surface area (Å²) < 4.78 is 12.8. The normalized spacial score (nSPS) is 15.3. The van der Waals surface area contributed by atoms with Gasteiger partial charge in [0.1, 0.15) is 13.2 Å². The van der Waals surface area contributed by atoms with Crippen LogP contribution in [-0.2, 0) is 4.79 Å². The number of amides is 1. The predicted octanol–water partition coefficient (Wildman–Crippen LogP) is 3.23. The van der Waals surface area contributed by atoms with Gasteiger partial charge in [-0.1, -0.05) is 23.9 Å². The van der Waals surface area contributed by atoms with Crippen LogP contribution in [0.4, 0.5) is 5.69 Å². The minimum atomic E-state index is -0.170. The van der Waals surface area contributed by atoms with Gasteiger partial charge in [-0.15, -0.1) is 0 Å². The molecule has 29 heavy (non-hydrogen) atoms. The van der Waals surface area contributed by atoms with E-state index in [2.05, 4.69) is 10.3 Å². The largest absolute Gasteiger partial charge is 0.486 e. The van der Waals surface area contributed by atoms with Crippen LogP contribution in [0.1, 0.15) is 18.9 Å². The molecule has 5 rings (SSSR count). The van der Waals surface area contributed by atoms with Crippen LogP contribution in [0, 0.1) is 0 Å². The quantitative estimate of drug-likeness (QED) is 0.515. The number of aromatic nitrogens is 2. The zero-order valence-electron chi connectivity index (χ0n) is 15.6. The molecule has 1 fully saturated rings. The summed E-state index contributed by atoms with van der Waals surface area (Å²) >= 11 is 1.28. The van der Waals surface area contributed by atoms with Gasteiger partial charge in [0, 0.05) is 17.8 Å². The molecule has 8 heteroatoms. The first-order valence-corrected chi connectivity index (χ1v) is 10.5. The molecule has 1 aromatic heterocycles. The first-order valence-electron chi connectivity index (χ1n) is 9.52. The summed E-state index contributed by atoms with van der Waals surface area (Å²) in [6.07, 6.45) is 1.94. The third-order valence-corrected chi connectivity index (χ3v) is 5.80. The van der Waals surface area contributed by atoms with Crippen LogP contribution in [0.3, 0.4) is 0 Å². The average Bonchev–Trinajstić information content (AvgIpc) is 3.57. The van der Waals surface area contributed by atoms with Gasteiger partial charge in [-0.2, -0.15) is 0 Å². The van der Waals surface area contributed by atoms with Crippen molar-refractivity contribution < 1.29 is 14.3 Å². The van der Waals surface area contributed by atoms with Crippen LogP contribution in [0.5, 0.6) is 11.5 Å². The number of carbonyl (C=O) groups is 1. The van der Waals surface area contributed by atoms with E-state index >= 15 is 0 Å². The Balaban J connectivity index is 1.33. The predicted molar refractivity (Wildman–Crippen MR) is 111 cm³/mol. The van der Waals surface area contributed by atoms with Gasteiger partial charge in [0.15, 0.2) is 16.7 Å². The number of hydrogen-bond acceptors (Lipinski definition) is 6. The van der Waals surface area contributed by atoms with Crippen molar-refractivity contribution >= 4 is 34.3 Å². The lowest BCUT2D eigenvalue weighted by molar-refractivity contribution is -0.113. The van der Waals surface area contributed by atoms with E-state index in [0.717, 1.165) is 12.8 Å². The first kappa shape index (κ1) is 18.1. The van der Waals surface area contributed by atoms with Crippen molar-refractivity contribution in [2.24, 2.45) is 0 Å². The fourth-order valence-corrected chi connectivity index (χ4v) is 4.20. The van der Waals surface area contributed by atoms with E-state index in [4.69, 9.17) is 9.47 Å². The van der Waals surface area contributed by atoms with Crippen LogP contribution in [0.25, 0.3) is 10.9 Å². The molecule has 0 atom stereocenters. The molecule has 148 valence electrons. The molecule has 7 nitrogen and oxygen atoms in total.